The fraction of sp³-hybridized carbons (Fsp3) is 0.250. The van der Waals surface area contributed by atoms with Crippen LogP contribution in [-0.4, -0.2) is 14.9 Å². The van der Waals surface area contributed by atoms with Crippen molar-refractivity contribution in [1.29, 1.82) is 0 Å². The first kappa shape index (κ1) is 15.5. The maximum Gasteiger partial charge on any atom is 0.265 e. The third-order valence-electron chi connectivity index (χ3n) is 3.42. The minimum Gasteiger partial charge on any atom is -0.431 e. The number of fused-ring (bicyclic) bond motifs is 1. The lowest BCUT2D eigenvalue weighted by Gasteiger charge is -2.11. The average Bonchev–Trinajstić information content (AvgIpc) is 2.90. The summed E-state index contributed by atoms with van der Waals surface area (Å²) in [5, 5.41) is 1.37. The van der Waals surface area contributed by atoms with Crippen molar-refractivity contribution < 1.29 is 4.42 Å². The maximum absolute atomic E-state index is 12.8. The number of benzene rings is 1. The number of alkyl halides is 1. The molecule has 0 spiro atoms. The molecule has 0 saturated heterocycles. The summed E-state index contributed by atoms with van der Waals surface area (Å²) < 4.78 is 7.72. The van der Waals surface area contributed by atoms with Crippen molar-refractivity contribution in [2.24, 2.45) is 0 Å². The van der Waals surface area contributed by atoms with E-state index in [-0.39, 0.29) is 5.56 Å². The van der Waals surface area contributed by atoms with Crippen LogP contribution in [0.5, 0.6) is 0 Å². The van der Waals surface area contributed by atoms with Gasteiger partial charge in [0.05, 0.1) is 6.54 Å². The van der Waals surface area contributed by atoms with Gasteiger partial charge in [0, 0.05) is 17.8 Å². The molecule has 6 heteroatoms. The van der Waals surface area contributed by atoms with E-state index in [1.807, 2.05) is 30.3 Å². The predicted molar refractivity (Wildman–Crippen MR) is 93.6 cm³/mol. The van der Waals surface area contributed by atoms with Gasteiger partial charge in [-0.3, -0.25) is 9.36 Å². The standard InChI is InChI=1S/C16H14Br2N2O2/c17-8-4-7-14-19-15-12(9-13(18)22-15)16(21)20(14)10-11-5-2-1-3-6-11/h1-3,5-6,9H,4,7-8,10H2. The van der Waals surface area contributed by atoms with Crippen molar-refractivity contribution in [1.82, 2.24) is 9.55 Å². The van der Waals surface area contributed by atoms with E-state index < -0.39 is 0 Å². The van der Waals surface area contributed by atoms with E-state index >= 15 is 0 Å². The van der Waals surface area contributed by atoms with Gasteiger partial charge in [0.2, 0.25) is 5.71 Å². The van der Waals surface area contributed by atoms with Gasteiger partial charge < -0.3 is 4.42 Å². The summed E-state index contributed by atoms with van der Waals surface area (Å²) in [6.45, 7) is 0.517. The largest absolute Gasteiger partial charge is 0.431 e. The zero-order valence-electron chi connectivity index (χ0n) is 11.8. The summed E-state index contributed by atoms with van der Waals surface area (Å²) in [5.74, 6) is 0.752. The van der Waals surface area contributed by atoms with Crippen LogP contribution in [0.2, 0.25) is 0 Å². The van der Waals surface area contributed by atoms with E-state index in [4.69, 9.17) is 4.42 Å². The molecule has 0 aliphatic rings. The lowest BCUT2D eigenvalue weighted by molar-refractivity contribution is 0.564. The van der Waals surface area contributed by atoms with Gasteiger partial charge in [0.1, 0.15) is 11.2 Å². The van der Waals surface area contributed by atoms with Gasteiger partial charge in [-0.1, -0.05) is 46.3 Å². The van der Waals surface area contributed by atoms with Crippen molar-refractivity contribution >= 4 is 43.0 Å². The molecule has 0 N–H and O–H groups in total. The highest BCUT2D eigenvalue weighted by Gasteiger charge is 2.14. The number of nitrogens with zero attached hydrogens (tertiary/aromatic N) is 2. The lowest BCUT2D eigenvalue weighted by atomic mass is 10.2. The van der Waals surface area contributed by atoms with E-state index in [0.717, 1.165) is 29.6 Å². The second-order valence-electron chi connectivity index (χ2n) is 4.97. The number of rotatable bonds is 5. The van der Waals surface area contributed by atoms with Crippen molar-refractivity contribution in [2.75, 3.05) is 5.33 Å². The van der Waals surface area contributed by atoms with Crippen LogP contribution in [0, 0.1) is 0 Å². The van der Waals surface area contributed by atoms with Crippen LogP contribution in [0.1, 0.15) is 17.8 Å². The molecule has 22 heavy (non-hydrogen) atoms. The van der Waals surface area contributed by atoms with Crippen LogP contribution in [-0.2, 0) is 13.0 Å². The Bertz CT molecular complexity index is 840. The van der Waals surface area contributed by atoms with E-state index in [0.29, 0.717) is 22.3 Å². The highest BCUT2D eigenvalue weighted by molar-refractivity contribution is 9.10. The van der Waals surface area contributed by atoms with Gasteiger partial charge in [-0.05, 0) is 27.9 Å². The third-order valence-corrected chi connectivity index (χ3v) is 4.37. The number of hydrogen-bond acceptors (Lipinski definition) is 3. The minimum absolute atomic E-state index is 0.0622. The highest BCUT2D eigenvalue weighted by Crippen LogP contribution is 2.20. The molecule has 4 nitrogen and oxygen atoms in total. The molecule has 114 valence electrons. The normalized spacial score (nSPS) is 11.2. The lowest BCUT2D eigenvalue weighted by Crippen LogP contribution is -2.25. The molecule has 2 heterocycles. The van der Waals surface area contributed by atoms with Crippen molar-refractivity contribution in [3.63, 3.8) is 0 Å². The first-order valence-electron chi connectivity index (χ1n) is 6.97. The van der Waals surface area contributed by atoms with Crippen LogP contribution in [0.4, 0.5) is 0 Å². The fourth-order valence-electron chi connectivity index (χ4n) is 2.37. The molecular weight excluding hydrogens is 412 g/mol. The van der Waals surface area contributed by atoms with E-state index in [9.17, 15) is 4.79 Å². The molecule has 0 aliphatic heterocycles. The number of aryl methyl sites for hydroxylation is 1. The molecule has 0 amide bonds. The Labute approximate surface area is 144 Å². The van der Waals surface area contributed by atoms with Gasteiger partial charge in [-0.25, -0.2) is 0 Å². The van der Waals surface area contributed by atoms with Crippen LogP contribution in [0.15, 0.2) is 50.3 Å². The molecular formula is C16H14Br2N2O2. The minimum atomic E-state index is -0.0622. The van der Waals surface area contributed by atoms with Gasteiger partial charge >= 0.3 is 0 Å². The SMILES string of the molecule is O=c1c2cc(Br)oc2nc(CCCBr)n1Cc1ccccc1. The Morgan fingerprint density at radius 2 is 2.00 bits per heavy atom. The number of halogens is 2. The van der Waals surface area contributed by atoms with Gasteiger partial charge in [-0.2, -0.15) is 4.98 Å². The zero-order valence-corrected chi connectivity index (χ0v) is 14.9. The summed E-state index contributed by atoms with van der Waals surface area (Å²) in [5.41, 5.74) is 1.41. The smallest absolute Gasteiger partial charge is 0.265 e. The average molecular weight is 426 g/mol. The molecule has 3 rings (SSSR count). The molecule has 3 aromatic rings. The van der Waals surface area contributed by atoms with Crippen molar-refractivity contribution in [2.45, 2.75) is 19.4 Å². The highest BCUT2D eigenvalue weighted by atomic mass is 79.9. The molecule has 0 bridgehead atoms. The second-order valence-corrected chi connectivity index (χ2v) is 6.54. The van der Waals surface area contributed by atoms with Gasteiger partial charge in [-0.15, -0.1) is 0 Å². The Morgan fingerprint density at radius 3 is 2.73 bits per heavy atom. The molecule has 2 aromatic heterocycles. The Morgan fingerprint density at radius 1 is 1.23 bits per heavy atom. The molecule has 1 aromatic carbocycles. The predicted octanol–water partition coefficient (Wildman–Crippen LogP) is 4.13. The van der Waals surface area contributed by atoms with Crippen LogP contribution in [0.3, 0.4) is 0 Å². The fourth-order valence-corrected chi connectivity index (χ4v) is 3.04. The maximum atomic E-state index is 12.8. The summed E-state index contributed by atoms with van der Waals surface area (Å²) >= 11 is 6.69. The first-order valence-corrected chi connectivity index (χ1v) is 8.89. The molecule has 0 aliphatic carbocycles. The Balaban J connectivity index is 2.12. The first-order chi connectivity index (χ1) is 10.7. The van der Waals surface area contributed by atoms with Crippen LogP contribution in [0.25, 0.3) is 11.1 Å². The van der Waals surface area contributed by atoms with E-state index in [2.05, 4.69) is 36.8 Å². The molecule has 0 saturated carbocycles. The topological polar surface area (TPSA) is 48.0 Å². The Kier molecular flexibility index (Phi) is 4.78. The second kappa shape index (κ2) is 6.79. The van der Waals surface area contributed by atoms with Gasteiger partial charge in [0.15, 0.2) is 4.67 Å². The summed E-state index contributed by atoms with van der Waals surface area (Å²) in [6.07, 6.45) is 1.64. The van der Waals surface area contributed by atoms with E-state index in [1.165, 1.54) is 0 Å². The van der Waals surface area contributed by atoms with Crippen LogP contribution < -0.4 is 5.56 Å². The summed E-state index contributed by atoms with van der Waals surface area (Å²) in [7, 11) is 0. The van der Waals surface area contributed by atoms with Crippen LogP contribution >= 0.6 is 31.9 Å². The summed E-state index contributed by atoms with van der Waals surface area (Å²) in [6, 6.07) is 11.6. The third kappa shape index (κ3) is 3.17. The number of aromatic nitrogens is 2. The molecule has 0 fully saturated rings. The number of hydrogen-bond donors (Lipinski definition) is 0. The number of furan rings is 1. The summed E-state index contributed by atoms with van der Waals surface area (Å²) in [4.78, 5) is 17.3. The molecule has 0 unspecified atom stereocenters. The zero-order chi connectivity index (χ0) is 15.5. The van der Waals surface area contributed by atoms with Gasteiger partial charge in [0.25, 0.3) is 5.56 Å². The van der Waals surface area contributed by atoms with Crippen molar-refractivity contribution in [3.8, 4) is 0 Å². The monoisotopic (exact) mass is 424 g/mol. The van der Waals surface area contributed by atoms with Crippen molar-refractivity contribution in [3.05, 3.63) is 62.8 Å². The molecule has 0 radical (unpaired) electrons. The quantitative estimate of drug-likeness (QED) is 0.577. The molecule has 0 atom stereocenters. The Hall–Kier alpha value is -1.40. The van der Waals surface area contributed by atoms with E-state index in [1.54, 1.807) is 10.6 Å².